The van der Waals surface area contributed by atoms with E-state index in [1.807, 2.05) is 13.8 Å². The van der Waals surface area contributed by atoms with Crippen molar-refractivity contribution in [1.82, 2.24) is 15.5 Å². The van der Waals surface area contributed by atoms with Gasteiger partial charge in [-0.2, -0.15) is 0 Å². The number of nitrogens with one attached hydrogen (secondary N) is 2. The zero-order chi connectivity index (χ0) is 26.8. The fourth-order valence-electron chi connectivity index (χ4n) is 3.75. The SMILES string of the molecule is C#Cc1ccccc1C(C(=O)NC(C)CCC)N(CCO)C(=O)C(NC(=O)OC(C)(C)C)C(C)C. The first-order valence-electron chi connectivity index (χ1n) is 12.1. The fourth-order valence-corrected chi connectivity index (χ4v) is 3.75. The van der Waals surface area contributed by atoms with Crippen molar-refractivity contribution in [2.75, 3.05) is 13.2 Å². The summed E-state index contributed by atoms with van der Waals surface area (Å²) in [6.45, 7) is 12.2. The van der Waals surface area contributed by atoms with Gasteiger partial charge in [0.15, 0.2) is 0 Å². The molecule has 8 nitrogen and oxygen atoms in total. The second kappa shape index (κ2) is 13.7. The number of aliphatic hydroxyl groups is 1. The molecule has 0 aliphatic rings. The molecule has 0 fully saturated rings. The molecule has 3 unspecified atom stereocenters. The minimum atomic E-state index is -1.09. The van der Waals surface area contributed by atoms with Crippen LogP contribution in [0, 0.1) is 18.3 Å². The Labute approximate surface area is 209 Å². The Hall–Kier alpha value is -3.05. The van der Waals surface area contributed by atoms with E-state index in [1.54, 1.807) is 58.9 Å². The Morgan fingerprint density at radius 2 is 1.77 bits per heavy atom. The highest BCUT2D eigenvalue weighted by Crippen LogP contribution is 2.26. The average Bonchev–Trinajstić information content (AvgIpc) is 2.75. The van der Waals surface area contributed by atoms with Gasteiger partial charge in [0.05, 0.1) is 6.61 Å². The normalized spacial score (nSPS) is 13.8. The molecule has 194 valence electrons. The predicted octanol–water partition coefficient (Wildman–Crippen LogP) is 3.38. The van der Waals surface area contributed by atoms with Gasteiger partial charge in [0, 0.05) is 18.2 Å². The number of hydrogen-bond acceptors (Lipinski definition) is 5. The first-order chi connectivity index (χ1) is 16.4. The van der Waals surface area contributed by atoms with Gasteiger partial charge in [-0.1, -0.05) is 51.3 Å². The highest BCUT2D eigenvalue weighted by atomic mass is 16.6. The zero-order valence-electron chi connectivity index (χ0n) is 22.1. The number of carbonyl (C=O) groups excluding carboxylic acids is 3. The lowest BCUT2D eigenvalue weighted by molar-refractivity contribution is -0.144. The number of terminal acetylenes is 1. The van der Waals surface area contributed by atoms with Crippen LogP contribution in [0.25, 0.3) is 0 Å². The Morgan fingerprint density at radius 1 is 1.14 bits per heavy atom. The number of amides is 3. The van der Waals surface area contributed by atoms with Crippen molar-refractivity contribution in [3.63, 3.8) is 0 Å². The molecule has 0 radical (unpaired) electrons. The van der Waals surface area contributed by atoms with Crippen molar-refractivity contribution in [2.45, 2.75) is 85.0 Å². The summed E-state index contributed by atoms with van der Waals surface area (Å²) in [5.74, 6) is 1.34. The van der Waals surface area contributed by atoms with Gasteiger partial charge < -0.3 is 25.4 Å². The van der Waals surface area contributed by atoms with E-state index in [0.717, 1.165) is 12.8 Å². The van der Waals surface area contributed by atoms with Crippen molar-refractivity contribution >= 4 is 17.9 Å². The number of hydrogen-bond donors (Lipinski definition) is 3. The lowest BCUT2D eigenvalue weighted by atomic mass is 9.95. The molecule has 0 saturated heterocycles. The van der Waals surface area contributed by atoms with E-state index < -0.39 is 35.6 Å². The standard InChI is InChI=1S/C27H41N3O5/c1-9-13-19(5)28-24(32)23(21-15-12-11-14-20(21)10-2)30(16-17-31)25(33)22(18(3)4)29-26(34)35-27(6,7)8/h2,11-12,14-15,18-19,22-23,31H,9,13,16-17H2,1,3-8H3,(H,28,32)(H,29,34). The van der Waals surface area contributed by atoms with Gasteiger partial charge in [-0.05, 0) is 51.7 Å². The van der Waals surface area contributed by atoms with Crippen LogP contribution in [0.2, 0.25) is 0 Å². The number of ether oxygens (including phenoxy) is 1. The smallest absolute Gasteiger partial charge is 0.408 e. The quantitative estimate of drug-likeness (QED) is 0.415. The van der Waals surface area contributed by atoms with Gasteiger partial charge in [-0.15, -0.1) is 6.42 Å². The van der Waals surface area contributed by atoms with Gasteiger partial charge >= 0.3 is 6.09 Å². The van der Waals surface area contributed by atoms with Gasteiger partial charge in [0.25, 0.3) is 0 Å². The molecule has 1 aromatic rings. The predicted molar refractivity (Wildman–Crippen MR) is 136 cm³/mol. The topological polar surface area (TPSA) is 108 Å². The first kappa shape index (κ1) is 30.0. The number of alkyl carbamates (subject to hydrolysis) is 1. The van der Waals surface area contributed by atoms with Crippen LogP contribution in [-0.4, -0.2) is 58.8 Å². The Bertz CT molecular complexity index is 901. The number of aliphatic hydroxyl groups excluding tert-OH is 1. The van der Waals surface area contributed by atoms with E-state index >= 15 is 0 Å². The second-order valence-electron chi connectivity index (χ2n) is 9.96. The van der Waals surface area contributed by atoms with E-state index in [2.05, 4.69) is 16.6 Å². The van der Waals surface area contributed by atoms with E-state index in [4.69, 9.17) is 11.2 Å². The highest BCUT2D eigenvalue weighted by Gasteiger charge is 2.38. The molecule has 8 heteroatoms. The minimum Gasteiger partial charge on any atom is -0.444 e. The van der Waals surface area contributed by atoms with Crippen molar-refractivity contribution in [3.05, 3.63) is 35.4 Å². The van der Waals surface area contributed by atoms with Crippen LogP contribution < -0.4 is 10.6 Å². The van der Waals surface area contributed by atoms with Crippen molar-refractivity contribution in [3.8, 4) is 12.3 Å². The number of carbonyl (C=O) groups is 3. The molecule has 1 aromatic carbocycles. The molecular formula is C27H41N3O5. The van der Waals surface area contributed by atoms with Gasteiger partial charge in [0.2, 0.25) is 11.8 Å². The Balaban J connectivity index is 3.50. The Morgan fingerprint density at radius 3 is 2.29 bits per heavy atom. The van der Waals surface area contributed by atoms with Crippen LogP contribution in [0.3, 0.4) is 0 Å². The van der Waals surface area contributed by atoms with Gasteiger partial charge in [0.1, 0.15) is 17.7 Å². The molecule has 3 atom stereocenters. The molecular weight excluding hydrogens is 446 g/mol. The number of benzene rings is 1. The van der Waals surface area contributed by atoms with Crippen LogP contribution in [-0.2, 0) is 14.3 Å². The molecule has 0 aromatic heterocycles. The molecule has 3 N–H and O–H groups in total. The van der Waals surface area contributed by atoms with E-state index in [1.165, 1.54) is 4.90 Å². The molecule has 0 spiro atoms. The molecule has 1 rings (SSSR count). The minimum absolute atomic E-state index is 0.125. The fraction of sp³-hybridized carbons (Fsp3) is 0.593. The second-order valence-corrected chi connectivity index (χ2v) is 9.96. The van der Waals surface area contributed by atoms with Gasteiger partial charge in [-0.25, -0.2) is 4.79 Å². The summed E-state index contributed by atoms with van der Waals surface area (Å²) in [5, 5.41) is 15.4. The van der Waals surface area contributed by atoms with Crippen LogP contribution in [0.15, 0.2) is 24.3 Å². The average molecular weight is 488 g/mol. The van der Waals surface area contributed by atoms with E-state index in [-0.39, 0.29) is 25.1 Å². The molecule has 0 bridgehead atoms. The summed E-state index contributed by atoms with van der Waals surface area (Å²) >= 11 is 0. The highest BCUT2D eigenvalue weighted by molar-refractivity contribution is 5.92. The molecule has 3 amide bonds. The third-order valence-electron chi connectivity index (χ3n) is 5.31. The first-order valence-corrected chi connectivity index (χ1v) is 12.1. The summed E-state index contributed by atoms with van der Waals surface area (Å²) in [6, 6.07) is 4.69. The van der Waals surface area contributed by atoms with E-state index in [9.17, 15) is 19.5 Å². The third-order valence-corrected chi connectivity index (χ3v) is 5.31. The summed E-state index contributed by atoms with van der Waals surface area (Å²) in [6.07, 6.45) is 6.61. The lowest BCUT2D eigenvalue weighted by Gasteiger charge is -2.36. The summed E-state index contributed by atoms with van der Waals surface area (Å²) in [5.41, 5.74) is 0.189. The maximum Gasteiger partial charge on any atom is 0.408 e. The van der Waals surface area contributed by atoms with Gasteiger partial charge in [-0.3, -0.25) is 9.59 Å². The lowest BCUT2D eigenvalue weighted by Crippen LogP contribution is -2.56. The van der Waals surface area contributed by atoms with E-state index in [0.29, 0.717) is 11.1 Å². The summed E-state index contributed by atoms with van der Waals surface area (Å²) in [7, 11) is 0. The largest absolute Gasteiger partial charge is 0.444 e. The van der Waals surface area contributed by atoms with Crippen molar-refractivity contribution < 1.29 is 24.2 Å². The Kier molecular flexibility index (Phi) is 11.8. The number of nitrogens with zero attached hydrogens (tertiary/aromatic N) is 1. The van der Waals surface area contributed by atoms with Crippen LogP contribution in [0.5, 0.6) is 0 Å². The number of rotatable bonds is 11. The van der Waals surface area contributed by atoms with Crippen LogP contribution in [0.4, 0.5) is 4.79 Å². The molecule has 0 heterocycles. The molecule has 0 saturated carbocycles. The molecule has 0 aliphatic heterocycles. The van der Waals surface area contributed by atoms with Crippen molar-refractivity contribution in [1.29, 1.82) is 0 Å². The summed E-state index contributed by atoms with van der Waals surface area (Å²) in [4.78, 5) is 41.1. The third kappa shape index (κ3) is 9.25. The maximum atomic E-state index is 13.8. The zero-order valence-corrected chi connectivity index (χ0v) is 22.1. The molecule has 35 heavy (non-hydrogen) atoms. The van der Waals surface area contributed by atoms with Crippen LogP contribution >= 0.6 is 0 Å². The maximum absolute atomic E-state index is 13.8. The summed E-state index contributed by atoms with van der Waals surface area (Å²) < 4.78 is 5.34. The monoisotopic (exact) mass is 487 g/mol. The van der Waals surface area contributed by atoms with Crippen LogP contribution in [0.1, 0.15) is 78.5 Å². The molecule has 0 aliphatic carbocycles. The van der Waals surface area contributed by atoms with Crippen molar-refractivity contribution in [2.24, 2.45) is 5.92 Å².